The Morgan fingerprint density at radius 2 is 2.00 bits per heavy atom. The minimum atomic E-state index is -3.35. The molecular formula is C13H22N2O2S2. The highest BCUT2D eigenvalue weighted by Gasteiger charge is 2.30. The molecule has 1 aromatic heterocycles. The number of nitrogens with two attached hydrogens (primary N) is 1. The highest BCUT2D eigenvalue weighted by molar-refractivity contribution is 7.91. The van der Waals surface area contributed by atoms with Crippen molar-refractivity contribution in [3.05, 3.63) is 16.5 Å². The number of nitrogens with zero attached hydrogens (tertiary/aromatic N) is 1. The fourth-order valence-electron chi connectivity index (χ4n) is 2.60. The zero-order valence-corrected chi connectivity index (χ0v) is 13.2. The van der Waals surface area contributed by atoms with Crippen LogP contribution < -0.4 is 5.73 Å². The lowest BCUT2D eigenvalue weighted by Crippen LogP contribution is -2.37. The Hall–Kier alpha value is -0.430. The van der Waals surface area contributed by atoms with E-state index in [-0.39, 0.29) is 6.04 Å². The van der Waals surface area contributed by atoms with Gasteiger partial charge in [0, 0.05) is 24.5 Å². The summed E-state index contributed by atoms with van der Waals surface area (Å²) in [6.45, 7) is 2.32. The molecule has 108 valence electrons. The average molecular weight is 302 g/mol. The molecule has 0 aliphatic heterocycles. The summed E-state index contributed by atoms with van der Waals surface area (Å²) in [4.78, 5) is 0.954. The van der Waals surface area contributed by atoms with Crippen molar-refractivity contribution in [1.82, 2.24) is 4.31 Å². The van der Waals surface area contributed by atoms with E-state index in [9.17, 15) is 8.42 Å². The van der Waals surface area contributed by atoms with Crippen LogP contribution in [0.1, 0.15) is 42.5 Å². The van der Waals surface area contributed by atoms with Crippen molar-refractivity contribution in [2.24, 2.45) is 5.73 Å². The number of thiophene rings is 1. The van der Waals surface area contributed by atoms with E-state index in [0.717, 1.165) is 36.1 Å². The Kier molecular flexibility index (Phi) is 4.66. The SMILES string of the molecule is Cc1cc(S(=O)(=O)N(C)C2CCCCC2)sc1CN. The van der Waals surface area contributed by atoms with Gasteiger partial charge < -0.3 is 5.73 Å². The smallest absolute Gasteiger partial charge is 0.252 e. The average Bonchev–Trinajstić information content (AvgIpc) is 2.81. The van der Waals surface area contributed by atoms with Gasteiger partial charge in [-0.3, -0.25) is 0 Å². The van der Waals surface area contributed by atoms with Crippen LogP contribution >= 0.6 is 11.3 Å². The van der Waals surface area contributed by atoms with E-state index >= 15 is 0 Å². The quantitative estimate of drug-likeness (QED) is 0.929. The summed E-state index contributed by atoms with van der Waals surface area (Å²) in [5.74, 6) is 0. The molecule has 2 rings (SSSR count). The third-order valence-corrected chi connectivity index (χ3v) is 7.52. The Balaban J connectivity index is 2.24. The molecule has 1 aromatic rings. The van der Waals surface area contributed by atoms with Gasteiger partial charge in [0.25, 0.3) is 10.0 Å². The van der Waals surface area contributed by atoms with Crippen LogP contribution in [0.5, 0.6) is 0 Å². The van der Waals surface area contributed by atoms with Crippen molar-refractivity contribution >= 4 is 21.4 Å². The zero-order chi connectivity index (χ0) is 14.0. The molecule has 1 saturated carbocycles. The number of hydrogen-bond donors (Lipinski definition) is 1. The van der Waals surface area contributed by atoms with E-state index in [0.29, 0.717) is 10.8 Å². The summed E-state index contributed by atoms with van der Waals surface area (Å²) in [6, 6.07) is 1.91. The van der Waals surface area contributed by atoms with E-state index in [1.807, 2.05) is 6.92 Å². The van der Waals surface area contributed by atoms with Crippen LogP contribution in [0.25, 0.3) is 0 Å². The van der Waals surface area contributed by atoms with Gasteiger partial charge in [0.15, 0.2) is 0 Å². The molecule has 1 fully saturated rings. The van der Waals surface area contributed by atoms with E-state index in [4.69, 9.17) is 5.73 Å². The van der Waals surface area contributed by atoms with Crippen molar-refractivity contribution < 1.29 is 8.42 Å². The Morgan fingerprint density at radius 3 is 2.53 bits per heavy atom. The van der Waals surface area contributed by atoms with Crippen LogP contribution in [-0.2, 0) is 16.6 Å². The van der Waals surface area contributed by atoms with Crippen LogP contribution in [0, 0.1) is 6.92 Å². The predicted molar refractivity (Wildman–Crippen MR) is 78.8 cm³/mol. The molecule has 0 bridgehead atoms. The lowest BCUT2D eigenvalue weighted by atomic mass is 9.96. The van der Waals surface area contributed by atoms with E-state index in [1.165, 1.54) is 17.8 Å². The minimum absolute atomic E-state index is 0.155. The van der Waals surface area contributed by atoms with Crippen LogP contribution in [-0.4, -0.2) is 25.8 Å². The van der Waals surface area contributed by atoms with Gasteiger partial charge in [-0.2, -0.15) is 4.31 Å². The van der Waals surface area contributed by atoms with Crippen LogP contribution in [0.4, 0.5) is 0 Å². The van der Waals surface area contributed by atoms with Gasteiger partial charge in [-0.15, -0.1) is 11.3 Å². The van der Waals surface area contributed by atoms with E-state index in [2.05, 4.69) is 0 Å². The van der Waals surface area contributed by atoms with Gasteiger partial charge in [0.2, 0.25) is 0 Å². The first-order valence-corrected chi connectivity index (χ1v) is 9.00. The maximum absolute atomic E-state index is 12.6. The molecule has 0 radical (unpaired) electrons. The third-order valence-electron chi connectivity index (χ3n) is 3.91. The second-order valence-corrected chi connectivity index (χ2v) is 8.55. The van der Waals surface area contributed by atoms with Crippen molar-refractivity contribution in [2.45, 2.75) is 55.8 Å². The lowest BCUT2D eigenvalue weighted by Gasteiger charge is -2.29. The molecule has 0 atom stereocenters. The summed E-state index contributed by atoms with van der Waals surface area (Å²) in [5, 5.41) is 0. The molecule has 0 spiro atoms. The highest BCUT2D eigenvalue weighted by atomic mass is 32.2. The summed E-state index contributed by atoms with van der Waals surface area (Å²) >= 11 is 1.30. The minimum Gasteiger partial charge on any atom is -0.326 e. The van der Waals surface area contributed by atoms with Crippen LogP contribution in [0.2, 0.25) is 0 Å². The molecule has 2 N–H and O–H groups in total. The molecular weight excluding hydrogens is 280 g/mol. The van der Waals surface area contributed by atoms with Gasteiger partial charge >= 0.3 is 0 Å². The second-order valence-electron chi connectivity index (χ2n) is 5.19. The van der Waals surface area contributed by atoms with Crippen molar-refractivity contribution in [3.63, 3.8) is 0 Å². The Labute approximate surface area is 119 Å². The van der Waals surface area contributed by atoms with Crippen molar-refractivity contribution in [2.75, 3.05) is 7.05 Å². The molecule has 0 amide bonds. The highest BCUT2D eigenvalue weighted by Crippen LogP contribution is 2.31. The largest absolute Gasteiger partial charge is 0.326 e. The van der Waals surface area contributed by atoms with Gasteiger partial charge in [-0.05, 0) is 31.4 Å². The van der Waals surface area contributed by atoms with Crippen LogP contribution in [0.3, 0.4) is 0 Å². The Morgan fingerprint density at radius 1 is 1.37 bits per heavy atom. The summed E-state index contributed by atoms with van der Waals surface area (Å²) in [6.07, 6.45) is 5.43. The monoisotopic (exact) mass is 302 g/mol. The van der Waals surface area contributed by atoms with Gasteiger partial charge in [0.1, 0.15) is 4.21 Å². The van der Waals surface area contributed by atoms with Gasteiger partial charge in [0.05, 0.1) is 0 Å². The maximum atomic E-state index is 12.6. The fraction of sp³-hybridized carbons (Fsp3) is 0.692. The first-order chi connectivity index (χ1) is 8.96. The number of sulfonamides is 1. The van der Waals surface area contributed by atoms with Crippen LogP contribution in [0.15, 0.2) is 10.3 Å². The number of aryl methyl sites for hydroxylation is 1. The maximum Gasteiger partial charge on any atom is 0.252 e. The standard InChI is InChI=1S/C13H22N2O2S2/c1-10-8-13(18-12(10)9-14)19(16,17)15(2)11-6-4-3-5-7-11/h8,11H,3-7,9,14H2,1-2H3. The fourth-order valence-corrected chi connectivity index (χ4v) is 5.67. The van der Waals surface area contributed by atoms with Crippen molar-refractivity contribution in [3.8, 4) is 0 Å². The molecule has 0 unspecified atom stereocenters. The zero-order valence-electron chi connectivity index (χ0n) is 11.6. The third kappa shape index (κ3) is 3.02. The predicted octanol–water partition coefficient (Wildman–Crippen LogP) is 2.47. The van der Waals surface area contributed by atoms with Crippen molar-refractivity contribution in [1.29, 1.82) is 0 Å². The molecule has 6 heteroatoms. The van der Waals surface area contributed by atoms with E-state index in [1.54, 1.807) is 17.4 Å². The summed E-state index contributed by atoms with van der Waals surface area (Å²) < 4.78 is 27.2. The summed E-state index contributed by atoms with van der Waals surface area (Å²) in [7, 11) is -1.64. The van der Waals surface area contributed by atoms with E-state index < -0.39 is 10.0 Å². The molecule has 0 aromatic carbocycles. The second kappa shape index (κ2) is 5.91. The number of rotatable bonds is 4. The lowest BCUT2D eigenvalue weighted by molar-refractivity contribution is 0.286. The molecule has 4 nitrogen and oxygen atoms in total. The van der Waals surface area contributed by atoms with Gasteiger partial charge in [-0.25, -0.2) is 8.42 Å². The Bertz CT molecular complexity index is 531. The molecule has 1 aliphatic rings. The normalized spacial score (nSPS) is 18.1. The first kappa shape index (κ1) is 15.0. The first-order valence-electron chi connectivity index (χ1n) is 6.74. The molecule has 0 saturated heterocycles. The topological polar surface area (TPSA) is 63.4 Å². The summed E-state index contributed by atoms with van der Waals surface area (Å²) in [5.41, 5.74) is 6.60. The molecule has 1 aliphatic carbocycles. The molecule has 19 heavy (non-hydrogen) atoms. The number of hydrogen-bond acceptors (Lipinski definition) is 4. The van der Waals surface area contributed by atoms with Gasteiger partial charge in [-0.1, -0.05) is 19.3 Å². The molecule has 1 heterocycles.